The van der Waals surface area contributed by atoms with Crippen LogP contribution in [-0.4, -0.2) is 49.5 Å². The largest absolute Gasteiger partial charge is 0.480 e. The highest BCUT2D eigenvalue weighted by atomic mass is 32.2. The molecule has 0 amide bonds. The van der Waals surface area contributed by atoms with E-state index in [0.717, 1.165) is 37.2 Å². The maximum absolute atomic E-state index is 12.7. The van der Waals surface area contributed by atoms with E-state index in [1.54, 1.807) is 0 Å². The lowest BCUT2D eigenvalue weighted by Gasteiger charge is -2.43. The van der Waals surface area contributed by atoms with Crippen molar-refractivity contribution in [2.75, 3.05) is 18.1 Å². The smallest absolute Gasteiger partial charge is 0.319 e. The second-order valence-electron chi connectivity index (χ2n) is 6.09. The van der Waals surface area contributed by atoms with Crippen molar-refractivity contribution in [2.45, 2.75) is 55.6 Å². The summed E-state index contributed by atoms with van der Waals surface area (Å²) in [5.74, 6) is 1.14. The Morgan fingerprint density at radius 1 is 1.40 bits per heavy atom. The van der Waals surface area contributed by atoms with Gasteiger partial charge in [-0.25, -0.2) is 0 Å². The predicted octanol–water partition coefficient (Wildman–Crippen LogP) is 2.29. The number of thioether (sulfide) groups is 1. The van der Waals surface area contributed by atoms with Crippen molar-refractivity contribution < 1.29 is 18.8 Å². The zero-order valence-corrected chi connectivity index (χ0v) is 13.8. The van der Waals surface area contributed by atoms with Crippen LogP contribution in [0.2, 0.25) is 0 Å². The second kappa shape index (κ2) is 6.79. The molecule has 1 N–H and O–H groups in total. The van der Waals surface area contributed by atoms with Crippen molar-refractivity contribution in [3.63, 3.8) is 0 Å². The van der Waals surface area contributed by atoms with E-state index in [1.165, 1.54) is 0 Å². The van der Waals surface area contributed by atoms with Crippen LogP contribution in [0.5, 0.6) is 0 Å². The first-order valence-electron chi connectivity index (χ1n) is 7.29. The number of carboxylic acids is 1. The van der Waals surface area contributed by atoms with Gasteiger partial charge in [0.2, 0.25) is 0 Å². The highest BCUT2D eigenvalue weighted by molar-refractivity contribution is 7.99. The molecule has 0 aliphatic carbocycles. The Bertz CT molecular complexity index is 372. The first-order chi connectivity index (χ1) is 9.45. The Kier molecular flexibility index (Phi) is 5.54. The summed E-state index contributed by atoms with van der Waals surface area (Å²) in [5.41, 5.74) is -0.135. The molecule has 2 aliphatic rings. The number of rotatable bonds is 4. The summed E-state index contributed by atoms with van der Waals surface area (Å²) in [5, 5.41) is 8.53. The van der Waals surface area contributed by atoms with E-state index >= 15 is 0 Å². The van der Waals surface area contributed by atoms with Gasteiger partial charge in [-0.1, -0.05) is 13.8 Å². The van der Waals surface area contributed by atoms with E-state index in [2.05, 4.69) is 0 Å². The molecular formula is C14H24O4S2. The number of carboxylic acid groups (broad SMARTS) is 1. The fourth-order valence-corrected chi connectivity index (χ4v) is 6.32. The summed E-state index contributed by atoms with van der Waals surface area (Å²) in [6.07, 6.45) is 3.49. The van der Waals surface area contributed by atoms with Crippen molar-refractivity contribution >= 4 is 28.5 Å². The molecule has 0 radical (unpaired) electrons. The number of carbonyl (C=O) groups is 1. The van der Waals surface area contributed by atoms with Gasteiger partial charge < -0.3 is 9.84 Å². The topological polar surface area (TPSA) is 63.6 Å². The highest BCUT2D eigenvalue weighted by Gasteiger charge is 2.43. The highest BCUT2D eigenvalue weighted by Crippen LogP contribution is 2.39. The van der Waals surface area contributed by atoms with Crippen molar-refractivity contribution in [1.82, 2.24) is 0 Å². The van der Waals surface area contributed by atoms with Gasteiger partial charge in [0.25, 0.3) is 0 Å². The van der Waals surface area contributed by atoms with E-state index in [1.807, 2.05) is 25.6 Å². The molecule has 0 saturated carbocycles. The van der Waals surface area contributed by atoms with Gasteiger partial charge in [-0.3, -0.25) is 9.00 Å². The summed E-state index contributed by atoms with van der Waals surface area (Å²) in [6.45, 7) is 4.29. The molecule has 2 heterocycles. The van der Waals surface area contributed by atoms with Crippen molar-refractivity contribution in [3.05, 3.63) is 0 Å². The van der Waals surface area contributed by atoms with Gasteiger partial charge in [0, 0.05) is 22.7 Å². The van der Waals surface area contributed by atoms with Gasteiger partial charge >= 0.3 is 5.97 Å². The van der Waals surface area contributed by atoms with Crippen LogP contribution in [0.15, 0.2) is 0 Å². The third-order valence-corrected chi connectivity index (χ3v) is 7.57. The van der Waals surface area contributed by atoms with Crippen LogP contribution in [0.1, 0.15) is 39.5 Å². The van der Waals surface area contributed by atoms with E-state index in [9.17, 15) is 14.1 Å². The van der Waals surface area contributed by atoms with Crippen LogP contribution >= 0.6 is 11.8 Å². The number of hydrogen-bond acceptors (Lipinski definition) is 4. The van der Waals surface area contributed by atoms with Gasteiger partial charge in [0.05, 0.1) is 5.60 Å². The summed E-state index contributed by atoms with van der Waals surface area (Å²) in [6, 6.07) is 0. The Morgan fingerprint density at radius 2 is 2.05 bits per heavy atom. The summed E-state index contributed by atoms with van der Waals surface area (Å²) < 4.78 is 18.7. The Labute approximate surface area is 127 Å². The minimum atomic E-state index is -1.32. The zero-order chi connectivity index (χ0) is 14.8. The Hall–Kier alpha value is -0.0700. The van der Waals surface area contributed by atoms with E-state index < -0.39 is 22.0 Å². The monoisotopic (exact) mass is 320 g/mol. The van der Waals surface area contributed by atoms with Gasteiger partial charge in [0.1, 0.15) is 5.25 Å². The van der Waals surface area contributed by atoms with Gasteiger partial charge in [-0.15, -0.1) is 0 Å². The molecule has 3 atom stereocenters. The molecule has 0 bridgehead atoms. The van der Waals surface area contributed by atoms with Gasteiger partial charge in [-0.05, 0) is 43.1 Å². The van der Waals surface area contributed by atoms with Gasteiger partial charge in [-0.2, -0.15) is 11.8 Å². The summed E-state index contributed by atoms with van der Waals surface area (Å²) in [4.78, 5) is 11.4. The average molecular weight is 320 g/mol. The molecule has 0 aromatic carbocycles. The normalized spacial score (nSPS) is 29.2. The standard InChI is InChI=1S/C14H24O4S2/c1-10(2)12(13(15)16)20(17)11-3-6-18-14(9-11)4-7-19-8-5-14/h10-12H,3-9H2,1-2H3,(H,15,16). The van der Waals surface area contributed by atoms with E-state index in [-0.39, 0.29) is 16.8 Å². The molecule has 116 valence electrons. The van der Waals surface area contributed by atoms with Crippen LogP contribution in [0.25, 0.3) is 0 Å². The van der Waals surface area contributed by atoms with Crippen molar-refractivity contribution in [1.29, 1.82) is 0 Å². The van der Waals surface area contributed by atoms with Crippen LogP contribution in [0, 0.1) is 5.92 Å². The predicted molar refractivity (Wildman–Crippen MR) is 82.7 cm³/mol. The lowest BCUT2D eigenvalue weighted by atomic mass is 9.88. The third-order valence-electron chi connectivity index (χ3n) is 4.28. The van der Waals surface area contributed by atoms with E-state index in [4.69, 9.17) is 4.74 Å². The number of hydrogen-bond donors (Lipinski definition) is 1. The SMILES string of the molecule is CC(C)C(C(=O)O)S(=O)C1CCOC2(CCSCC2)C1. The molecule has 2 aliphatic heterocycles. The Morgan fingerprint density at radius 3 is 2.60 bits per heavy atom. The molecule has 4 nitrogen and oxygen atoms in total. The minimum absolute atomic E-state index is 0.0321. The second-order valence-corrected chi connectivity index (χ2v) is 9.15. The van der Waals surface area contributed by atoms with Gasteiger partial charge in [0.15, 0.2) is 0 Å². The maximum Gasteiger partial charge on any atom is 0.319 e. The Balaban J connectivity index is 2.07. The molecule has 2 saturated heterocycles. The fraction of sp³-hybridized carbons (Fsp3) is 0.929. The fourth-order valence-electron chi connectivity index (χ4n) is 3.13. The van der Waals surface area contributed by atoms with Crippen molar-refractivity contribution in [2.24, 2.45) is 5.92 Å². The summed E-state index contributed by atoms with van der Waals surface area (Å²) in [7, 11) is -1.32. The third kappa shape index (κ3) is 3.57. The molecule has 2 fully saturated rings. The first-order valence-corrected chi connectivity index (χ1v) is 9.72. The molecule has 0 aromatic heterocycles. The number of aliphatic carboxylic acids is 1. The van der Waals surface area contributed by atoms with Crippen LogP contribution in [0.4, 0.5) is 0 Å². The van der Waals surface area contributed by atoms with Crippen LogP contribution in [-0.2, 0) is 20.3 Å². The first kappa shape index (κ1) is 16.3. The summed E-state index contributed by atoms with van der Waals surface area (Å²) >= 11 is 1.94. The van der Waals surface area contributed by atoms with Crippen LogP contribution < -0.4 is 0 Å². The van der Waals surface area contributed by atoms with Crippen LogP contribution in [0.3, 0.4) is 0 Å². The molecule has 6 heteroatoms. The molecule has 3 unspecified atom stereocenters. The molecule has 1 spiro atoms. The minimum Gasteiger partial charge on any atom is -0.480 e. The lowest BCUT2D eigenvalue weighted by molar-refractivity contribution is -0.137. The molecule has 2 rings (SSSR count). The van der Waals surface area contributed by atoms with Crippen molar-refractivity contribution in [3.8, 4) is 0 Å². The number of ether oxygens (including phenoxy) is 1. The quantitative estimate of drug-likeness (QED) is 0.861. The molecule has 0 aromatic rings. The molecular weight excluding hydrogens is 296 g/mol. The van der Waals surface area contributed by atoms with E-state index in [0.29, 0.717) is 6.61 Å². The molecule has 20 heavy (non-hydrogen) atoms. The zero-order valence-electron chi connectivity index (χ0n) is 12.2. The average Bonchev–Trinajstić information content (AvgIpc) is 2.38. The lowest BCUT2D eigenvalue weighted by Crippen LogP contribution is -2.48. The maximum atomic E-state index is 12.7.